The molecule has 0 bridgehead atoms. The highest BCUT2D eigenvalue weighted by Gasteiger charge is 2.32. The lowest BCUT2D eigenvalue weighted by Gasteiger charge is -2.11. The largest absolute Gasteiger partial charge is 0.573 e. The number of hydrogen-bond donors (Lipinski definition) is 2. The molecule has 2 heterocycles. The zero-order valence-electron chi connectivity index (χ0n) is 22.0. The Hall–Kier alpha value is -5.41. The molecule has 2 aromatic heterocycles. The van der Waals surface area contributed by atoms with E-state index >= 15 is 0 Å². The van der Waals surface area contributed by atoms with E-state index in [1.54, 1.807) is 23.7 Å². The van der Waals surface area contributed by atoms with E-state index < -0.39 is 29.8 Å². The maximum atomic E-state index is 13.8. The number of ether oxygens (including phenoxy) is 1. The molecule has 0 aliphatic heterocycles. The lowest BCUT2D eigenvalue weighted by molar-refractivity contribution is -0.274. The molecule has 1 amide bonds. The van der Waals surface area contributed by atoms with Crippen LogP contribution in [0.25, 0.3) is 17.1 Å². The van der Waals surface area contributed by atoms with Crippen molar-refractivity contribution in [2.75, 3.05) is 5.32 Å². The summed E-state index contributed by atoms with van der Waals surface area (Å²) in [6.07, 6.45) is -8.23. The van der Waals surface area contributed by atoms with Gasteiger partial charge in [0.15, 0.2) is 0 Å². The van der Waals surface area contributed by atoms with E-state index in [0.29, 0.717) is 11.1 Å². The summed E-state index contributed by atoms with van der Waals surface area (Å²) in [7, 11) is 1.60. The summed E-state index contributed by atoms with van der Waals surface area (Å²) in [6, 6.07) is 13.0. The first-order valence-corrected chi connectivity index (χ1v) is 12.3. The minimum absolute atomic E-state index is 0.0251. The Balaban J connectivity index is 1.60. The van der Waals surface area contributed by atoms with Crippen LogP contribution >= 0.6 is 0 Å². The smallest absolute Gasteiger partial charge is 0.406 e. The summed E-state index contributed by atoms with van der Waals surface area (Å²) < 4.78 is 86.3. The van der Waals surface area contributed by atoms with Crippen molar-refractivity contribution in [1.82, 2.24) is 29.8 Å². The Kier molecular flexibility index (Phi) is 7.52. The Labute approximate surface area is 237 Å². The SMILES string of the molecule is C=Cc1cc(C(F)(F)F)cc2c1n(C)/c(=N\c1ccc(OC(F)(F)F)cc1)n2Cc1ccc(C(=O)Nc2nnn[nH]2)cc1. The van der Waals surface area contributed by atoms with Crippen molar-refractivity contribution >= 4 is 34.7 Å². The molecule has 0 saturated carbocycles. The van der Waals surface area contributed by atoms with E-state index in [2.05, 4.69) is 42.2 Å². The van der Waals surface area contributed by atoms with Gasteiger partial charge in [-0.15, -0.1) is 13.2 Å². The molecule has 0 aliphatic rings. The number of aromatic amines is 1. The van der Waals surface area contributed by atoms with Gasteiger partial charge < -0.3 is 13.9 Å². The van der Waals surface area contributed by atoms with Gasteiger partial charge in [0.25, 0.3) is 5.91 Å². The average molecular weight is 602 g/mol. The van der Waals surface area contributed by atoms with Crippen molar-refractivity contribution in [3.8, 4) is 5.75 Å². The zero-order chi connectivity index (χ0) is 30.9. The molecule has 5 rings (SSSR count). The third kappa shape index (κ3) is 6.42. The summed E-state index contributed by atoms with van der Waals surface area (Å²) in [6.45, 7) is 3.69. The lowest BCUT2D eigenvalue weighted by atomic mass is 10.1. The van der Waals surface area contributed by atoms with Gasteiger partial charge in [-0.3, -0.25) is 10.1 Å². The highest BCUT2D eigenvalue weighted by Crippen LogP contribution is 2.34. The van der Waals surface area contributed by atoms with Crippen molar-refractivity contribution in [2.24, 2.45) is 12.0 Å². The van der Waals surface area contributed by atoms with Gasteiger partial charge in [-0.05, 0) is 64.5 Å². The maximum absolute atomic E-state index is 13.8. The van der Waals surface area contributed by atoms with Crippen LogP contribution in [-0.4, -0.2) is 42.0 Å². The van der Waals surface area contributed by atoms with Crippen LogP contribution in [0.1, 0.15) is 27.0 Å². The van der Waals surface area contributed by atoms with E-state index in [1.165, 1.54) is 34.9 Å². The highest BCUT2D eigenvalue weighted by atomic mass is 19.4. The molecule has 0 unspecified atom stereocenters. The fraction of sp³-hybridized carbons (Fsp3) is 0.148. The summed E-state index contributed by atoms with van der Waals surface area (Å²) >= 11 is 0. The number of anilines is 1. The molecule has 222 valence electrons. The van der Waals surface area contributed by atoms with Crippen LogP contribution in [0.5, 0.6) is 5.75 Å². The Morgan fingerprint density at radius 1 is 1.07 bits per heavy atom. The molecule has 2 N–H and O–H groups in total. The number of alkyl halides is 6. The quantitative estimate of drug-likeness (QED) is 0.236. The number of aromatic nitrogens is 6. The molecule has 0 saturated heterocycles. The van der Waals surface area contributed by atoms with E-state index in [1.807, 2.05) is 0 Å². The highest BCUT2D eigenvalue weighted by molar-refractivity contribution is 6.03. The molecule has 0 radical (unpaired) electrons. The molecular formula is C27H20F6N8O2. The number of nitrogens with zero attached hydrogens (tertiary/aromatic N) is 6. The van der Waals surface area contributed by atoms with Gasteiger partial charge >= 0.3 is 12.5 Å². The van der Waals surface area contributed by atoms with Crippen LogP contribution in [0, 0.1) is 0 Å². The summed E-state index contributed by atoms with van der Waals surface area (Å²) in [4.78, 5) is 17.0. The zero-order valence-corrected chi connectivity index (χ0v) is 22.0. The summed E-state index contributed by atoms with van der Waals surface area (Å²) in [5.41, 5.74) is 1.17. The molecule has 10 nitrogen and oxygen atoms in total. The van der Waals surface area contributed by atoms with Gasteiger partial charge in [-0.25, -0.2) is 10.1 Å². The van der Waals surface area contributed by atoms with Crippen molar-refractivity contribution < 1.29 is 35.9 Å². The number of aryl methyl sites for hydroxylation is 1. The van der Waals surface area contributed by atoms with Crippen LogP contribution in [0.4, 0.5) is 38.0 Å². The van der Waals surface area contributed by atoms with E-state index in [4.69, 9.17) is 0 Å². The predicted molar refractivity (Wildman–Crippen MR) is 142 cm³/mol. The molecule has 0 atom stereocenters. The van der Waals surface area contributed by atoms with Gasteiger partial charge in [-0.1, -0.05) is 29.9 Å². The van der Waals surface area contributed by atoms with Crippen LogP contribution in [0.2, 0.25) is 0 Å². The van der Waals surface area contributed by atoms with Crippen molar-refractivity contribution in [1.29, 1.82) is 0 Å². The number of H-pyrrole nitrogens is 1. The maximum Gasteiger partial charge on any atom is 0.573 e. The molecule has 5 aromatic rings. The first-order valence-electron chi connectivity index (χ1n) is 12.3. The second-order valence-corrected chi connectivity index (χ2v) is 9.13. The minimum atomic E-state index is -4.88. The fourth-order valence-electron chi connectivity index (χ4n) is 4.39. The number of nitrogens with one attached hydrogen (secondary N) is 2. The molecule has 43 heavy (non-hydrogen) atoms. The Morgan fingerprint density at radius 3 is 2.35 bits per heavy atom. The van der Waals surface area contributed by atoms with Gasteiger partial charge in [0, 0.05) is 18.2 Å². The van der Waals surface area contributed by atoms with E-state index in [9.17, 15) is 31.1 Å². The van der Waals surface area contributed by atoms with Gasteiger partial charge in [0.1, 0.15) is 5.75 Å². The number of carbonyl (C=O) groups excluding carboxylic acids is 1. The van der Waals surface area contributed by atoms with Crippen LogP contribution < -0.4 is 15.7 Å². The second-order valence-electron chi connectivity index (χ2n) is 9.13. The van der Waals surface area contributed by atoms with Crippen molar-refractivity contribution in [2.45, 2.75) is 19.1 Å². The number of amides is 1. The van der Waals surface area contributed by atoms with Gasteiger partial charge in [-0.2, -0.15) is 13.2 Å². The third-order valence-electron chi connectivity index (χ3n) is 6.27. The van der Waals surface area contributed by atoms with Gasteiger partial charge in [0.2, 0.25) is 11.6 Å². The minimum Gasteiger partial charge on any atom is -0.406 e. The molecule has 0 fully saturated rings. The topological polar surface area (TPSA) is 115 Å². The fourth-order valence-corrected chi connectivity index (χ4v) is 4.39. The Bertz CT molecular complexity index is 1850. The van der Waals surface area contributed by atoms with Crippen molar-refractivity contribution in [3.63, 3.8) is 0 Å². The molecular weight excluding hydrogens is 582 g/mol. The van der Waals surface area contributed by atoms with Crippen LogP contribution in [-0.2, 0) is 19.8 Å². The van der Waals surface area contributed by atoms with E-state index in [-0.39, 0.29) is 40.4 Å². The monoisotopic (exact) mass is 602 g/mol. The van der Waals surface area contributed by atoms with Crippen molar-refractivity contribution in [3.05, 3.63) is 95.1 Å². The standard InChI is InChI=1S/C27H20F6N8O2/c1-3-16-12-18(26(28,29)30)13-21-22(16)40(2)25(34-19-8-10-20(11-9-19)43-27(31,32)33)41(21)14-15-4-6-17(7-5-15)23(42)35-24-36-38-39-37-24/h3-13H,1,14H2,2H3,(H2,35,36,37,38,39,42)/b34-25+. The number of fused-ring (bicyclic) bond motifs is 1. The number of benzene rings is 3. The molecule has 3 aromatic carbocycles. The number of halogens is 6. The number of tetrazole rings is 1. The number of hydrogen-bond acceptors (Lipinski definition) is 6. The molecule has 0 spiro atoms. The molecule has 0 aliphatic carbocycles. The number of rotatable bonds is 7. The summed E-state index contributed by atoms with van der Waals surface area (Å²) in [5.74, 6) is -0.908. The van der Waals surface area contributed by atoms with Crippen LogP contribution in [0.15, 0.2) is 72.2 Å². The van der Waals surface area contributed by atoms with Gasteiger partial charge in [0.05, 0.1) is 28.8 Å². The first kappa shape index (κ1) is 29.1. The third-order valence-corrected chi connectivity index (χ3v) is 6.27. The lowest BCUT2D eigenvalue weighted by Crippen LogP contribution is -2.24. The summed E-state index contributed by atoms with van der Waals surface area (Å²) in [5, 5.41) is 15.2. The average Bonchev–Trinajstić information content (AvgIpc) is 3.55. The Morgan fingerprint density at radius 2 is 1.77 bits per heavy atom. The number of carbonyl (C=O) groups is 1. The predicted octanol–water partition coefficient (Wildman–Crippen LogP) is 5.59. The normalized spacial score (nSPS) is 12.5. The van der Waals surface area contributed by atoms with E-state index in [0.717, 1.165) is 24.3 Å². The first-order chi connectivity index (χ1) is 20.3. The molecule has 16 heteroatoms. The second kappa shape index (κ2) is 11.1. The number of imidazole rings is 1. The van der Waals surface area contributed by atoms with Crippen LogP contribution in [0.3, 0.4) is 0 Å².